The fourth-order valence-electron chi connectivity index (χ4n) is 3.25. The van der Waals surface area contributed by atoms with Crippen LogP contribution in [0, 0.1) is 10.8 Å². The lowest BCUT2D eigenvalue weighted by Gasteiger charge is -2.41. The second-order valence-corrected chi connectivity index (χ2v) is 7.09. The molecule has 2 heteroatoms. The normalized spacial score (nSPS) is 20.5. The Morgan fingerprint density at radius 3 is 2.25 bits per heavy atom. The van der Waals surface area contributed by atoms with Gasteiger partial charge >= 0.3 is 5.97 Å². The highest BCUT2D eigenvalue weighted by atomic mass is 16.4. The van der Waals surface area contributed by atoms with Gasteiger partial charge in [0.15, 0.2) is 0 Å². The van der Waals surface area contributed by atoms with E-state index in [0.717, 1.165) is 44.9 Å². The number of hydrogen-bond donors (Lipinski definition) is 1. The van der Waals surface area contributed by atoms with Gasteiger partial charge in [-0.1, -0.05) is 44.2 Å². The van der Waals surface area contributed by atoms with Gasteiger partial charge in [0.1, 0.15) is 0 Å². The van der Waals surface area contributed by atoms with Crippen molar-refractivity contribution in [1.29, 1.82) is 0 Å². The fourth-order valence-corrected chi connectivity index (χ4v) is 3.25. The molecular weight excluding hydrogens is 248 g/mol. The Morgan fingerprint density at radius 2 is 1.70 bits per heavy atom. The fraction of sp³-hybridized carbons (Fsp3) is 0.611. The maximum Gasteiger partial charge on any atom is 0.309 e. The molecule has 110 valence electrons. The average molecular weight is 274 g/mol. The summed E-state index contributed by atoms with van der Waals surface area (Å²) in [6.45, 7) is 4.51. The first-order chi connectivity index (χ1) is 9.44. The first-order valence-corrected chi connectivity index (χ1v) is 7.71. The molecule has 1 aromatic rings. The number of benzene rings is 1. The van der Waals surface area contributed by atoms with Crippen molar-refractivity contribution in [2.75, 3.05) is 0 Å². The first kappa shape index (κ1) is 15.1. The van der Waals surface area contributed by atoms with E-state index in [9.17, 15) is 9.90 Å². The summed E-state index contributed by atoms with van der Waals surface area (Å²) in [4.78, 5) is 11.7. The Balaban J connectivity index is 1.92. The molecule has 0 unspecified atom stereocenters. The molecule has 1 aromatic carbocycles. The monoisotopic (exact) mass is 274 g/mol. The van der Waals surface area contributed by atoms with Crippen LogP contribution in [0.5, 0.6) is 0 Å². The molecule has 0 spiro atoms. The zero-order valence-electron chi connectivity index (χ0n) is 12.7. The van der Waals surface area contributed by atoms with Crippen LogP contribution < -0.4 is 0 Å². The Bertz CT molecular complexity index is 438. The van der Waals surface area contributed by atoms with Crippen molar-refractivity contribution < 1.29 is 9.90 Å². The van der Waals surface area contributed by atoms with Gasteiger partial charge in [-0.05, 0) is 55.9 Å². The molecule has 0 amide bonds. The highest BCUT2D eigenvalue weighted by Gasteiger charge is 2.43. The topological polar surface area (TPSA) is 37.3 Å². The highest BCUT2D eigenvalue weighted by Crippen LogP contribution is 2.47. The van der Waals surface area contributed by atoms with Gasteiger partial charge in [0.05, 0.1) is 5.41 Å². The van der Waals surface area contributed by atoms with Gasteiger partial charge in [0.2, 0.25) is 0 Å². The minimum atomic E-state index is -0.582. The van der Waals surface area contributed by atoms with Gasteiger partial charge in [0, 0.05) is 0 Å². The largest absolute Gasteiger partial charge is 0.481 e. The summed E-state index contributed by atoms with van der Waals surface area (Å²) < 4.78 is 0. The molecule has 0 radical (unpaired) electrons. The Hall–Kier alpha value is -1.31. The van der Waals surface area contributed by atoms with Gasteiger partial charge in [-0.2, -0.15) is 0 Å². The summed E-state index contributed by atoms with van der Waals surface area (Å²) in [5, 5.41) is 9.66. The summed E-state index contributed by atoms with van der Waals surface area (Å²) in [5.74, 6) is -0.582. The maximum absolute atomic E-state index is 11.7. The summed E-state index contributed by atoms with van der Waals surface area (Å²) in [6, 6.07) is 10.4. The van der Waals surface area contributed by atoms with Crippen LogP contribution in [0.4, 0.5) is 0 Å². The third kappa shape index (κ3) is 3.62. The summed E-state index contributed by atoms with van der Waals surface area (Å²) in [6.07, 6.45) is 6.51. The molecule has 2 nitrogen and oxygen atoms in total. The number of carboxylic acids is 1. The van der Waals surface area contributed by atoms with Crippen molar-refractivity contribution in [1.82, 2.24) is 0 Å². The summed E-state index contributed by atoms with van der Waals surface area (Å²) in [7, 11) is 0. The maximum atomic E-state index is 11.7. The van der Waals surface area contributed by atoms with Gasteiger partial charge in [-0.3, -0.25) is 4.79 Å². The number of aryl methyl sites for hydroxylation is 1. The van der Waals surface area contributed by atoms with E-state index in [2.05, 4.69) is 26.0 Å². The lowest BCUT2D eigenvalue weighted by Crippen LogP contribution is -2.37. The van der Waals surface area contributed by atoms with Crippen molar-refractivity contribution in [3.8, 4) is 0 Å². The highest BCUT2D eigenvalue weighted by molar-refractivity contribution is 5.74. The quantitative estimate of drug-likeness (QED) is 0.846. The molecule has 1 N–H and O–H groups in total. The van der Waals surface area contributed by atoms with Crippen LogP contribution in [-0.4, -0.2) is 11.1 Å². The number of carbonyl (C=O) groups is 1. The molecule has 1 fully saturated rings. The predicted molar refractivity (Wildman–Crippen MR) is 81.7 cm³/mol. The Labute approximate surface area is 122 Å². The molecule has 1 saturated carbocycles. The average Bonchev–Trinajstić information content (AvgIpc) is 2.42. The SMILES string of the molecule is CC1(C)CCC(CCCc2ccccc2)(C(=O)O)CC1. The molecule has 2 rings (SSSR count). The van der Waals surface area contributed by atoms with Crippen LogP contribution in [0.2, 0.25) is 0 Å². The van der Waals surface area contributed by atoms with Crippen molar-refractivity contribution >= 4 is 5.97 Å². The van der Waals surface area contributed by atoms with Crippen LogP contribution in [0.25, 0.3) is 0 Å². The third-order valence-electron chi connectivity index (χ3n) is 4.98. The van der Waals surface area contributed by atoms with E-state index < -0.39 is 11.4 Å². The molecule has 0 atom stereocenters. The Morgan fingerprint density at radius 1 is 1.10 bits per heavy atom. The van der Waals surface area contributed by atoms with Crippen LogP contribution in [0.15, 0.2) is 30.3 Å². The zero-order valence-corrected chi connectivity index (χ0v) is 12.7. The van der Waals surface area contributed by atoms with Crippen LogP contribution >= 0.6 is 0 Å². The predicted octanol–water partition coefficient (Wildman–Crippen LogP) is 4.68. The van der Waals surface area contributed by atoms with E-state index in [-0.39, 0.29) is 0 Å². The smallest absolute Gasteiger partial charge is 0.309 e. The van der Waals surface area contributed by atoms with E-state index >= 15 is 0 Å². The molecule has 1 aliphatic carbocycles. The molecule has 0 bridgehead atoms. The van der Waals surface area contributed by atoms with E-state index in [0.29, 0.717) is 5.41 Å². The number of hydrogen-bond acceptors (Lipinski definition) is 1. The summed E-state index contributed by atoms with van der Waals surface area (Å²) in [5.41, 5.74) is 1.16. The van der Waals surface area contributed by atoms with Crippen molar-refractivity contribution in [3.63, 3.8) is 0 Å². The van der Waals surface area contributed by atoms with Crippen LogP contribution in [0.3, 0.4) is 0 Å². The van der Waals surface area contributed by atoms with Gasteiger partial charge < -0.3 is 5.11 Å². The van der Waals surface area contributed by atoms with E-state index in [1.54, 1.807) is 0 Å². The second-order valence-electron chi connectivity index (χ2n) is 7.09. The van der Waals surface area contributed by atoms with Crippen molar-refractivity contribution in [2.45, 2.75) is 58.8 Å². The molecule has 0 aromatic heterocycles. The van der Waals surface area contributed by atoms with Crippen molar-refractivity contribution in [3.05, 3.63) is 35.9 Å². The van der Waals surface area contributed by atoms with Crippen molar-refractivity contribution in [2.24, 2.45) is 10.8 Å². The molecule has 0 saturated heterocycles. The van der Waals surface area contributed by atoms with E-state index in [1.165, 1.54) is 5.56 Å². The van der Waals surface area contributed by atoms with Gasteiger partial charge in [-0.15, -0.1) is 0 Å². The number of carboxylic acid groups (broad SMARTS) is 1. The molecular formula is C18H26O2. The molecule has 0 heterocycles. The molecule has 20 heavy (non-hydrogen) atoms. The molecule has 1 aliphatic rings. The first-order valence-electron chi connectivity index (χ1n) is 7.71. The minimum Gasteiger partial charge on any atom is -0.481 e. The lowest BCUT2D eigenvalue weighted by molar-refractivity contribution is -0.153. The Kier molecular flexibility index (Phi) is 4.52. The number of aliphatic carboxylic acids is 1. The van der Waals surface area contributed by atoms with Gasteiger partial charge in [0.25, 0.3) is 0 Å². The minimum absolute atomic E-state index is 0.318. The van der Waals surface area contributed by atoms with E-state index in [1.807, 2.05) is 18.2 Å². The zero-order chi connectivity index (χ0) is 14.6. The van der Waals surface area contributed by atoms with E-state index in [4.69, 9.17) is 0 Å². The summed E-state index contributed by atoms with van der Waals surface area (Å²) >= 11 is 0. The van der Waals surface area contributed by atoms with Crippen LogP contribution in [-0.2, 0) is 11.2 Å². The third-order valence-corrected chi connectivity index (χ3v) is 4.98. The molecule has 0 aliphatic heterocycles. The standard InChI is InChI=1S/C18H26O2/c1-17(2)11-13-18(14-12-17,16(19)20)10-6-9-15-7-4-3-5-8-15/h3-5,7-8H,6,9-14H2,1-2H3,(H,19,20). The lowest BCUT2D eigenvalue weighted by atomic mass is 9.63. The van der Waals surface area contributed by atoms with Crippen LogP contribution in [0.1, 0.15) is 57.9 Å². The second kappa shape index (κ2) is 5.99. The number of rotatable bonds is 5. The van der Waals surface area contributed by atoms with Gasteiger partial charge in [-0.25, -0.2) is 0 Å².